The molecule has 0 amide bonds. The van der Waals surface area contributed by atoms with E-state index in [1.165, 1.54) is 18.5 Å². The predicted molar refractivity (Wildman–Crippen MR) is 74.6 cm³/mol. The lowest BCUT2D eigenvalue weighted by Crippen LogP contribution is -2.32. The van der Waals surface area contributed by atoms with Gasteiger partial charge in [-0.1, -0.05) is 6.07 Å². The summed E-state index contributed by atoms with van der Waals surface area (Å²) in [6.45, 7) is 6.10. The van der Waals surface area contributed by atoms with Crippen LogP contribution in [0.15, 0.2) is 18.2 Å². The number of hydrogen-bond acceptors (Lipinski definition) is 4. The van der Waals surface area contributed by atoms with Gasteiger partial charge in [0.2, 0.25) is 0 Å². The summed E-state index contributed by atoms with van der Waals surface area (Å²) in [5.41, 5.74) is 2.38. The topological polar surface area (TPSA) is 49.0 Å². The lowest BCUT2D eigenvalue weighted by molar-refractivity contribution is 0.569. The molecule has 2 rings (SSSR count). The second-order valence-corrected chi connectivity index (χ2v) is 4.75. The van der Waals surface area contributed by atoms with Gasteiger partial charge in [-0.15, -0.1) is 0 Å². The van der Waals surface area contributed by atoms with E-state index in [1.807, 2.05) is 0 Å². The lowest BCUT2D eigenvalue weighted by Gasteiger charge is -2.07. The van der Waals surface area contributed by atoms with E-state index in [1.54, 1.807) is 0 Å². The summed E-state index contributed by atoms with van der Waals surface area (Å²) in [6.07, 6.45) is 3.53. The van der Waals surface area contributed by atoms with Crippen LogP contribution in [0, 0.1) is 0 Å². The van der Waals surface area contributed by atoms with Crippen LogP contribution in [0.2, 0.25) is 0 Å². The number of hydrogen-bond donors (Lipinski definition) is 3. The summed E-state index contributed by atoms with van der Waals surface area (Å²) in [4.78, 5) is 4.68. The van der Waals surface area contributed by atoms with Crippen molar-refractivity contribution in [1.82, 2.24) is 20.9 Å². The Morgan fingerprint density at radius 1 is 0.778 bits per heavy atom. The molecule has 0 fully saturated rings. The van der Waals surface area contributed by atoms with E-state index < -0.39 is 0 Å². The van der Waals surface area contributed by atoms with Crippen molar-refractivity contribution in [2.45, 2.75) is 25.8 Å². The van der Waals surface area contributed by atoms with Crippen LogP contribution in [-0.4, -0.2) is 37.7 Å². The van der Waals surface area contributed by atoms with Crippen LogP contribution in [0.4, 0.5) is 0 Å². The number of aromatic nitrogens is 1. The monoisotopic (exact) mass is 248 g/mol. The average Bonchev–Trinajstić information content (AvgIpc) is 2.40. The number of fused-ring (bicyclic) bond motifs is 2. The SMILES string of the molecule is c1cc2nc(c1)CNCCNCCNCCCC2. The van der Waals surface area contributed by atoms with Gasteiger partial charge in [-0.2, -0.15) is 0 Å². The molecule has 18 heavy (non-hydrogen) atoms. The van der Waals surface area contributed by atoms with Crippen molar-refractivity contribution in [2.75, 3.05) is 32.7 Å². The fraction of sp³-hybridized carbons (Fsp3) is 0.643. The molecule has 1 aliphatic heterocycles. The van der Waals surface area contributed by atoms with E-state index in [0.717, 1.165) is 51.4 Å². The van der Waals surface area contributed by atoms with Gasteiger partial charge in [0.1, 0.15) is 0 Å². The highest BCUT2D eigenvalue weighted by molar-refractivity contribution is 5.11. The normalized spacial score (nSPS) is 19.8. The number of nitrogens with one attached hydrogen (secondary N) is 3. The van der Waals surface area contributed by atoms with Gasteiger partial charge >= 0.3 is 0 Å². The van der Waals surface area contributed by atoms with Crippen LogP contribution in [0.5, 0.6) is 0 Å². The van der Waals surface area contributed by atoms with E-state index in [-0.39, 0.29) is 0 Å². The second-order valence-electron chi connectivity index (χ2n) is 4.75. The molecule has 100 valence electrons. The molecule has 0 spiro atoms. The molecule has 3 N–H and O–H groups in total. The molecule has 4 heteroatoms. The van der Waals surface area contributed by atoms with Crippen molar-refractivity contribution in [1.29, 1.82) is 0 Å². The van der Waals surface area contributed by atoms with Crippen molar-refractivity contribution in [3.63, 3.8) is 0 Å². The third kappa shape index (κ3) is 5.12. The Kier molecular flexibility index (Phi) is 6.12. The highest BCUT2D eigenvalue weighted by atomic mass is 15.0. The Balaban J connectivity index is 1.87. The number of aryl methyl sites for hydroxylation is 1. The van der Waals surface area contributed by atoms with Crippen LogP contribution in [0.25, 0.3) is 0 Å². The van der Waals surface area contributed by atoms with Gasteiger partial charge in [0, 0.05) is 38.4 Å². The first-order chi connectivity index (χ1) is 8.95. The highest BCUT2D eigenvalue weighted by Gasteiger charge is 1.99. The highest BCUT2D eigenvalue weighted by Crippen LogP contribution is 2.04. The van der Waals surface area contributed by atoms with E-state index in [4.69, 9.17) is 0 Å². The largest absolute Gasteiger partial charge is 0.315 e. The van der Waals surface area contributed by atoms with Crippen LogP contribution < -0.4 is 16.0 Å². The molecule has 0 saturated heterocycles. The fourth-order valence-corrected chi connectivity index (χ4v) is 2.14. The summed E-state index contributed by atoms with van der Waals surface area (Å²) in [5, 5.41) is 10.3. The summed E-state index contributed by atoms with van der Waals surface area (Å²) in [7, 11) is 0. The molecular weight excluding hydrogens is 224 g/mol. The summed E-state index contributed by atoms with van der Waals surface area (Å²) in [6, 6.07) is 6.36. The zero-order chi connectivity index (χ0) is 12.5. The second kappa shape index (κ2) is 8.19. The molecule has 1 aromatic heterocycles. The molecule has 0 aromatic carbocycles. The Morgan fingerprint density at radius 2 is 1.50 bits per heavy atom. The van der Waals surface area contributed by atoms with Gasteiger partial charge in [0.05, 0.1) is 5.69 Å². The molecular formula is C14H24N4. The van der Waals surface area contributed by atoms with Gasteiger partial charge in [0.15, 0.2) is 0 Å². The molecule has 2 heterocycles. The maximum Gasteiger partial charge on any atom is 0.0544 e. The van der Waals surface area contributed by atoms with Crippen molar-refractivity contribution >= 4 is 0 Å². The van der Waals surface area contributed by atoms with E-state index >= 15 is 0 Å². The molecule has 0 aliphatic carbocycles. The smallest absolute Gasteiger partial charge is 0.0544 e. The van der Waals surface area contributed by atoms with Crippen molar-refractivity contribution in [2.24, 2.45) is 0 Å². The maximum atomic E-state index is 4.68. The quantitative estimate of drug-likeness (QED) is 0.632. The minimum absolute atomic E-state index is 0.869. The van der Waals surface area contributed by atoms with Crippen LogP contribution >= 0.6 is 0 Å². The predicted octanol–water partition coefficient (Wildman–Crippen LogP) is 0.687. The summed E-state index contributed by atoms with van der Waals surface area (Å²) < 4.78 is 0. The molecule has 4 nitrogen and oxygen atoms in total. The summed E-state index contributed by atoms with van der Waals surface area (Å²) >= 11 is 0. The lowest BCUT2D eigenvalue weighted by atomic mass is 10.1. The molecule has 0 saturated carbocycles. The molecule has 0 radical (unpaired) electrons. The Hall–Kier alpha value is -0.970. The number of nitrogens with zero attached hydrogens (tertiary/aromatic N) is 1. The number of pyridine rings is 1. The third-order valence-electron chi connectivity index (χ3n) is 3.16. The van der Waals surface area contributed by atoms with Crippen LogP contribution in [-0.2, 0) is 13.0 Å². The van der Waals surface area contributed by atoms with Crippen LogP contribution in [0.3, 0.4) is 0 Å². The Labute approximate surface area is 110 Å². The first-order valence-electron chi connectivity index (χ1n) is 7.02. The van der Waals surface area contributed by atoms with Gasteiger partial charge < -0.3 is 16.0 Å². The Morgan fingerprint density at radius 3 is 2.39 bits per heavy atom. The first-order valence-corrected chi connectivity index (χ1v) is 7.02. The van der Waals surface area contributed by atoms with Gasteiger partial charge in [-0.05, 0) is 37.9 Å². The molecule has 0 atom stereocenters. The van der Waals surface area contributed by atoms with Gasteiger partial charge in [-0.3, -0.25) is 4.98 Å². The first kappa shape index (κ1) is 13.5. The minimum atomic E-state index is 0.869. The fourth-order valence-electron chi connectivity index (χ4n) is 2.14. The van der Waals surface area contributed by atoms with Gasteiger partial charge in [-0.25, -0.2) is 0 Å². The number of rotatable bonds is 0. The maximum absolute atomic E-state index is 4.68. The van der Waals surface area contributed by atoms with Crippen molar-refractivity contribution in [3.8, 4) is 0 Å². The van der Waals surface area contributed by atoms with E-state index in [0.29, 0.717) is 0 Å². The van der Waals surface area contributed by atoms with Gasteiger partial charge in [0.25, 0.3) is 0 Å². The summed E-state index contributed by atoms with van der Waals surface area (Å²) in [5.74, 6) is 0. The van der Waals surface area contributed by atoms with Crippen LogP contribution in [0.1, 0.15) is 24.2 Å². The third-order valence-corrected chi connectivity index (χ3v) is 3.16. The average molecular weight is 248 g/mol. The standard InChI is InChI=1S/C14H24N4/c1-2-7-15-8-9-16-10-11-17-12-14-6-3-5-13(4-1)18-14/h3,5-6,15-17H,1-2,4,7-12H2. The molecule has 0 unspecified atom stereocenters. The zero-order valence-electron chi connectivity index (χ0n) is 11.0. The van der Waals surface area contributed by atoms with E-state index in [9.17, 15) is 0 Å². The molecule has 1 aromatic rings. The van der Waals surface area contributed by atoms with E-state index in [2.05, 4.69) is 39.1 Å². The Bertz CT molecular complexity index is 311. The molecule has 1 aliphatic rings. The molecule has 2 bridgehead atoms. The van der Waals surface area contributed by atoms with Crippen molar-refractivity contribution < 1.29 is 0 Å². The minimum Gasteiger partial charge on any atom is -0.315 e. The van der Waals surface area contributed by atoms with Crippen molar-refractivity contribution in [3.05, 3.63) is 29.6 Å². The zero-order valence-corrected chi connectivity index (χ0v) is 11.0.